The predicted octanol–water partition coefficient (Wildman–Crippen LogP) is 2.30. The number of halogens is 1. The Hall–Kier alpha value is -2.09. The Bertz CT molecular complexity index is 825. The van der Waals surface area contributed by atoms with E-state index >= 15 is 0 Å². The summed E-state index contributed by atoms with van der Waals surface area (Å²) < 4.78 is 80.1. The maximum Gasteiger partial charge on any atom is 0.410 e. The minimum absolute atomic E-state index is 0.0523. The van der Waals surface area contributed by atoms with Gasteiger partial charge in [-0.05, 0) is 20.8 Å². The number of pyridine rings is 1. The third kappa shape index (κ3) is 5.74. The third-order valence-electron chi connectivity index (χ3n) is 3.29. The fourth-order valence-electron chi connectivity index (χ4n) is 2.23. The summed E-state index contributed by atoms with van der Waals surface area (Å²) in [5, 5.41) is 0. The molecule has 0 spiro atoms. The first kappa shape index (κ1) is 11.5. The molecule has 0 aromatic carbocycles. The topological polar surface area (TPSA) is 64.1 Å². The Morgan fingerprint density at radius 2 is 2.08 bits per heavy atom. The Labute approximate surface area is 157 Å². The maximum absolute atomic E-state index is 14.6. The summed E-state index contributed by atoms with van der Waals surface area (Å²) in [6.45, 7) is -0.222. The minimum Gasteiger partial charge on any atom is -0.489 e. The van der Waals surface area contributed by atoms with E-state index in [9.17, 15) is 9.18 Å². The van der Waals surface area contributed by atoms with Gasteiger partial charge >= 0.3 is 6.09 Å². The van der Waals surface area contributed by atoms with Gasteiger partial charge in [0.05, 0.1) is 22.4 Å². The summed E-state index contributed by atoms with van der Waals surface area (Å²) in [6.07, 6.45) is 0.521. The molecule has 8 heteroatoms. The smallest absolute Gasteiger partial charge is 0.410 e. The summed E-state index contributed by atoms with van der Waals surface area (Å²) in [5.41, 5.74) is -0.632. The lowest BCUT2D eigenvalue weighted by Crippen LogP contribution is -2.50. The van der Waals surface area contributed by atoms with Gasteiger partial charge in [-0.1, -0.05) is 0 Å². The zero-order valence-electron chi connectivity index (χ0n) is 21.3. The van der Waals surface area contributed by atoms with E-state index in [4.69, 9.17) is 19.1 Å². The normalized spacial score (nSPS) is 21.0. The minimum atomic E-state index is -3.36. The lowest BCUT2D eigenvalue weighted by atomic mass is 10.2. The number of hydrogen-bond donors (Lipinski definition) is 0. The number of rotatable bonds is 5. The number of aromatic nitrogens is 1. The molecule has 0 unspecified atom stereocenters. The summed E-state index contributed by atoms with van der Waals surface area (Å²) in [6, 6.07) is 0.811. The molecule has 0 saturated carbocycles. The lowest BCUT2D eigenvalue weighted by Gasteiger charge is -2.36. The molecule has 25 heavy (non-hydrogen) atoms. The average Bonchev–Trinajstić information content (AvgIpc) is 2.58. The summed E-state index contributed by atoms with van der Waals surface area (Å²) in [4.78, 5) is 19.1. The zero-order chi connectivity index (χ0) is 24.5. The van der Waals surface area contributed by atoms with Crippen LogP contribution >= 0.6 is 0 Å². The van der Waals surface area contributed by atoms with Gasteiger partial charge < -0.3 is 24.0 Å². The van der Waals surface area contributed by atoms with Gasteiger partial charge in [-0.2, -0.15) is 0 Å². The van der Waals surface area contributed by atoms with Gasteiger partial charge in [-0.3, -0.25) is 0 Å². The molecule has 0 atom stereocenters. The van der Waals surface area contributed by atoms with Gasteiger partial charge in [0.2, 0.25) is 0 Å². The monoisotopic (exact) mass is 362 g/mol. The molecule has 0 N–H and O–H groups in total. The van der Waals surface area contributed by atoms with Gasteiger partial charge in [-0.25, -0.2) is 14.2 Å². The van der Waals surface area contributed by atoms with Crippen molar-refractivity contribution >= 4 is 11.9 Å². The quantitative estimate of drug-likeness (QED) is 0.801. The molecule has 1 aromatic heterocycles. The molecule has 1 aromatic rings. The van der Waals surface area contributed by atoms with Crippen molar-refractivity contribution in [2.75, 3.05) is 51.2 Å². The van der Waals surface area contributed by atoms with Crippen LogP contribution < -0.4 is 9.64 Å². The number of nitrogens with zero attached hydrogens (tertiary/aromatic N) is 3. The number of piperazine rings is 1. The van der Waals surface area contributed by atoms with E-state index in [1.54, 1.807) is 25.7 Å². The standard InChI is InChI=1S/C17H26FN3O4/c1-17(2,3)25-16(22)21-7-5-20(6-8-21)15-14(18)11-13(12-19-15)24-10-9-23-4/h11-12H,5-10H2,1-4H3/i4D3,9D2,10D2. The van der Waals surface area contributed by atoms with Crippen LogP contribution in [-0.2, 0) is 9.47 Å². The van der Waals surface area contributed by atoms with Crippen LogP contribution in [0.2, 0.25) is 0 Å². The molecule has 7 nitrogen and oxygen atoms in total. The van der Waals surface area contributed by atoms with Crippen LogP contribution in [0.1, 0.15) is 30.4 Å². The number of amides is 1. The largest absolute Gasteiger partial charge is 0.489 e. The first-order valence-electron chi connectivity index (χ1n) is 11.2. The summed E-state index contributed by atoms with van der Waals surface area (Å²) >= 11 is 0. The zero-order valence-corrected chi connectivity index (χ0v) is 14.3. The third-order valence-corrected chi connectivity index (χ3v) is 3.29. The van der Waals surface area contributed by atoms with Crippen LogP contribution in [0.15, 0.2) is 12.3 Å². The van der Waals surface area contributed by atoms with E-state index in [2.05, 4.69) is 9.72 Å². The van der Waals surface area contributed by atoms with Gasteiger partial charge in [0.25, 0.3) is 0 Å². The predicted molar refractivity (Wildman–Crippen MR) is 91.6 cm³/mol. The Morgan fingerprint density at radius 3 is 2.68 bits per heavy atom. The number of carbonyl (C=O) groups is 1. The van der Waals surface area contributed by atoms with Crippen LogP contribution in [0.5, 0.6) is 5.75 Å². The van der Waals surface area contributed by atoms with E-state index in [-0.39, 0.29) is 32.0 Å². The highest BCUT2D eigenvalue weighted by molar-refractivity contribution is 5.68. The molecule has 1 amide bonds. The van der Waals surface area contributed by atoms with Gasteiger partial charge in [0, 0.05) is 39.3 Å². The first-order valence-corrected chi connectivity index (χ1v) is 7.68. The van der Waals surface area contributed by atoms with Crippen LogP contribution in [0, 0.1) is 5.82 Å². The van der Waals surface area contributed by atoms with E-state index < -0.39 is 43.4 Å². The fourth-order valence-corrected chi connectivity index (χ4v) is 2.23. The second kappa shape index (κ2) is 8.33. The lowest BCUT2D eigenvalue weighted by molar-refractivity contribution is 0.0240. The molecule has 0 radical (unpaired) electrons. The average molecular weight is 362 g/mol. The van der Waals surface area contributed by atoms with Crippen LogP contribution in [0.25, 0.3) is 0 Å². The van der Waals surface area contributed by atoms with E-state index in [1.165, 1.54) is 4.90 Å². The fraction of sp³-hybridized carbons (Fsp3) is 0.647. The van der Waals surface area contributed by atoms with Crippen molar-refractivity contribution in [1.82, 2.24) is 9.88 Å². The molecule has 1 saturated heterocycles. The van der Waals surface area contributed by atoms with Crippen molar-refractivity contribution in [3.8, 4) is 5.75 Å². The van der Waals surface area contributed by atoms with Crippen molar-refractivity contribution in [2.24, 2.45) is 0 Å². The van der Waals surface area contributed by atoms with Crippen LogP contribution in [0.3, 0.4) is 0 Å². The molecule has 2 heterocycles. The van der Waals surface area contributed by atoms with Crippen molar-refractivity contribution in [1.29, 1.82) is 0 Å². The molecular weight excluding hydrogens is 329 g/mol. The second-order valence-electron chi connectivity index (χ2n) is 6.34. The molecular formula is C17H26FN3O4. The number of ether oxygens (including phenoxy) is 3. The maximum atomic E-state index is 14.6. The highest BCUT2D eigenvalue weighted by Gasteiger charge is 2.27. The van der Waals surface area contributed by atoms with Gasteiger partial charge in [-0.15, -0.1) is 0 Å². The molecule has 1 aliphatic rings. The molecule has 0 bridgehead atoms. The molecule has 1 aliphatic heterocycles. The highest BCUT2D eigenvalue weighted by Crippen LogP contribution is 2.22. The van der Waals surface area contributed by atoms with E-state index in [0.29, 0.717) is 0 Å². The van der Waals surface area contributed by atoms with E-state index in [0.717, 1.165) is 12.3 Å². The van der Waals surface area contributed by atoms with Gasteiger partial charge in [0.1, 0.15) is 17.9 Å². The number of carbonyl (C=O) groups excluding carboxylic acids is 1. The number of anilines is 1. The molecule has 1 fully saturated rings. The second-order valence-corrected chi connectivity index (χ2v) is 6.34. The molecule has 0 aliphatic carbocycles. The van der Waals surface area contributed by atoms with Crippen LogP contribution in [0.4, 0.5) is 15.0 Å². The van der Waals surface area contributed by atoms with Crippen LogP contribution in [-0.4, -0.2) is 67.9 Å². The number of hydrogen-bond acceptors (Lipinski definition) is 6. The number of methoxy groups -OCH3 is 1. The SMILES string of the molecule is [2H]C([2H])([2H])OC([2H])([2H])C([2H])([2H])Oc1cnc(N2CCN(C(=O)OC(C)(C)C)CC2)c(F)c1. The van der Waals surface area contributed by atoms with Gasteiger partial charge in [0.15, 0.2) is 11.6 Å². The van der Waals surface area contributed by atoms with Crippen molar-refractivity contribution in [3.05, 3.63) is 18.1 Å². The molecule has 140 valence electrons. The summed E-state index contributed by atoms with van der Waals surface area (Å²) in [5.74, 6) is -1.37. The van der Waals surface area contributed by atoms with Crippen molar-refractivity contribution in [2.45, 2.75) is 26.4 Å². The molecule has 2 rings (SSSR count). The Morgan fingerprint density at radius 1 is 1.36 bits per heavy atom. The Kier molecular flexibility index (Phi) is 3.84. The van der Waals surface area contributed by atoms with E-state index in [1.807, 2.05) is 0 Å². The van der Waals surface area contributed by atoms with Crippen molar-refractivity contribution in [3.63, 3.8) is 0 Å². The highest BCUT2D eigenvalue weighted by atomic mass is 19.1. The first-order chi connectivity index (χ1) is 14.4. The van der Waals surface area contributed by atoms with Crippen molar-refractivity contribution < 1.29 is 33.0 Å². The summed E-state index contributed by atoms with van der Waals surface area (Å²) in [7, 11) is -3.21. The Balaban J connectivity index is 2.04.